The molecule has 1 fully saturated rings. The summed E-state index contributed by atoms with van der Waals surface area (Å²) in [6.45, 7) is 7.59. The van der Waals surface area contributed by atoms with Crippen LogP contribution >= 0.6 is 0 Å². The van der Waals surface area contributed by atoms with Gasteiger partial charge >= 0.3 is 0 Å². The average molecular weight is 605 g/mol. The zero-order chi connectivity index (χ0) is 31.5. The van der Waals surface area contributed by atoms with Crippen molar-refractivity contribution in [1.29, 1.82) is 0 Å². The molecule has 0 unspecified atom stereocenters. The number of hydrogen-bond donors (Lipinski definition) is 2. The molecule has 0 aliphatic carbocycles. The van der Waals surface area contributed by atoms with Gasteiger partial charge in [-0.1, -0.05) is 13.0 Å². The molecule has 45 heavy (non-hydrogen) atoms. The van der Waals surface area contributed by atoms with Crippen LogP contribution in [0.1, 0.15) is 47.7 Å². The lowest BCUT2D eigenvalue weighted by Gasteiger charge is -2.35. The molecule has 4 heterocycles. The Hall–Kier alpha value is -5.32. The minimum Gasteiger partial charge on any atom is -0.438 e. The fourth-order valence-electron chi connectivity index (χ4n) is 5.55. The zero-order valence-corrected chi connectivity index (χ0v) is 25.9. The molecule has 0 saturated carbocycles. The minimum absolute atomic E-state index is 0.104. The Bertz CT molecular complexity index is 1860. The molecule has 6 rings (SSSR count). The third-order valence-electron chi connectivity index (χ3n) is 8.13. The Morgan fingerprint density at radius 3 is 2.49 bits per heavy atom. The minimum atomic E-state index is -0.244. The van der Waals surface area contributed by atoms with Crippen molar-refractivity contribution < 1.29 is 14.3 Å². The van der Waals surface area contributed by atoms with Gasteiger partial charge in [0.05, 0.1) is 6.20 Å². The molecule has 230 valence electrons. The highest BCUT2D eigenvalue weighted by atomic mass is 16.5. The van der Waals surface area contributed by atoms with E-state index < -0.39 is 0 Å². The van der Waals surface area contributed by atoms with Gasteiger partial charge in [0.15, 0.2) is 11.5 Å². The van der Waals surface area contributed by atoms with Crippen molar-refractivity contribution in [2.45, 2.75) is 46.1 Å². The predicted octanol–water partition coefficient (Wildman–Crippen LogP) is 5.58. The van der Waals surface area contributed by atoms with Crippen molar-refractivity contribution in [2.75, 3.05) is 23.3 Å². The van der Waals surface area contributed by atoms with Crippen LogP contribution in [-0.4, -0.2) is 55.7 Å². The van der Waals surface area contributed by atoms with Crippen LogP contribution in [0.3, 0.4) is 0 Å². The maximum atomic E-state index is 13.4. The lowest BCUT2D eigenvalue weighted by Crippen LogP contribution is -2.44. The van der Waals surface area contributed by atoms with Gasteiger partial charge in [0, 0.05) is 67.5 Å². The van der Waals surface area contributed by atoms with Crippen molar-refractivity contribution in [1.82, 2.24) is 30.0 Å². The second-order valence-electron chi connectivity index (χ2n) is 11.3. The predicted molar refractivity (Wildman–Crippen MR) is 174 cm³/mol. The standard InChI is InChI=1S/C34H36N8O3/c1-5-30(43)37-25-12-16-42(17-13-25)28-9-8-26(18-22(28)3)38-33(44)24-7-6-21(2)29(19-24)45-34-27-20-36-41(4)32(27)39-31(40-34)23-10-14-35-15-11-23/h6-11,14-15,18-20,25H,5,12-13,16-17H2,1-4H3,(H,37,43)(H,38,44). The van der Waals surface area contributed by atoms with Gasteiger partial charge in [0.2, 0.25) is 11.8 Å². The number of nitrogens with one attached hydrogen (secondary N) is 2. The number of rotatable bonds is 8. The number of fused-ring (bicyclic) bond motifs is 1. The number of ether oxygens (including phenoxy) is 1. The van der Waals surface area contributed by atoms with Gasteiger partial charge < -0.3 is 20.3 Å². The highest BCUT2D eigenvalue weighted by Gasteiger charge is 2.22. The highest BCUT2D eigenvalue weighted by molar-refractivity contribution is 6.04. The highest BCUT2D eigenvalue weighted by Crippen LogP contribution is 2.32. The SMILES string of the molecule is CCC(=O)NC1CCN(c2ccc(NC(=O)c3ccc(C)c(Oc4nc(-c5ccncc5)nc5c4cnn5C)c3)cc2C)CC1. The fraction of sp³-hybridized carbons (Fsp3) is 0.294. The van der Waals surface area contributed by atoms with Crippen molar-refractivity contribution in [3.8, 4) is 23.0 Å². The van der Waals surface area contributed by atoms with E-state index in [0.717, 1.165) is 48.3 Å². The molecule has 1 saturated heterocycles. The summed E-state index contributed by atoms with van der Waals surface area (Å²) in [4.78, 5) is 40.9. The van der Waals surface area contributed by atoms with E-state index in [9.17, 15) is 9.59 Å². The van der Waals surface area contributed by atoms with E-state index in [1.807, 2.05) is 57.3 Å². The number of hydrogen-bond acceptors (Lipinski definition) is 8. The number of pyridine rings is 1. The van der Waals surface area contributed by atoms with Crippen molar-refractivity contribution in [3.05, 3.63) is 83.8 Å². The number of benzene rings is 2. The molecule has 5 aromatic rings. The van der Waals surface area contributed by atoms with Crippen LogP contribution in [0.4, 0.5) is 11.4 Å². The molecule has 0 bridgehead atoms. The molecule has 0 radical (unpaired) electrons. The van der Waals surface area contributed by atoms with Crippen LogP contribution in [0, 0.1) is 13.8 Å². The largest absolute Gasteiger partial charge is 0.438 e. The first-order chi connectivity index (χ1) is 21.8. The quantitative estimate of drug-likeness (QED) is 0.235. The van der Waals surface area contributed by atoms with Gasteiger partial charge in [-0.25, -0.2) is 4.98 Å². The monoisotopic (exact) mass is 604 g/mol. The maximum Gasteiger partial charge on any atom is 0.255 e. The molecular formula is C34H36N8O3. The maximum absolute atomic E-state index is 13.4. The molecule has 1 aliphatic heterocycles. The molecule has 2 amide bonds. The summed E-state index contributed by atoms with van der Waals surface area (Å²) < 4.78 is 8.02. The number of carbonyl (C=O) groups is 2. The molecule has 11 heteroatoms. The summed E-state index contributed by atoms with van der Waals surface area (Å²) in [5.74, 6) is 1.21. The summed E-state index contributed by atoms with van der Waals surface area (Å²) in [5, 5.41) is 11.1. The molecule has 2 N–H and O–H groups in total. The molecule has 0 spiro atoms. The van der Waals surface area contributed by atoms with E-state index in [2.05, 4.69) is 37.5 Å². The van der Waals surface area contributed by atoms with Gasteiger partial charge in [-0.15, -0.1) is 0 Å². The number of anilines is 2. The second-order valence-corrected chi connectivity index (χ2v) is 11.3. The zero-order valence-electron chi connectivity index (χ0n) is 25.9. The van der Waals surface area contributed by atoms with Gasteiger partial charge in [-0.05, 0) is 80.3 Å². The number of aryl methyl sites for hydroxylation is 3. The van der Waals surface area contributed by atoms with Gasteiger partial charge in [-0.3, -0.25) is 19.3 Å². The van der Waals surface area contributed by atoms with E-state index in [4.69, 9.17) is 9.72 Å². The summed E-state index contributed by atoms with van der Waals surface area (Å²) in [7, 11) is 1.82. The van der Waals surface area contributed by atoms with Crippen LogP contribution in [-0.2, 0) is 11.8 Å². The van der Waals surface area contributed by atoms with Crippen molar-refractivity contribution in [2.24, 2.45) is 7.05 Å². The normalized spacial score (nSPS) is 13.6. The molecule has 2 aromatic carbocycles. The molecule has 1 aliphatic rings. The fourth-order valence-corrected chi connectivity index (χ4v) is 5.55. The number of piperidine rings is 1. The number of carbonyl (C=O) groups excluding carboxylic acids is 2. The third-order valence-corrected chi connectivity index (χ3v) is 8.13. The van der Waals surface area contributed by atoms with Crippen LogP contribution < -0.4 is 20.3 Å². The van der Waals surface area contributed by atoms with Crippen LogP contribution in [0.25, 0.3) is 22.4 Å². The van der Waals surface area contributed by atoms with Crippen LogP contribution in [0.5, 0.6) is 11.6 Å². The van der Waals surface area contributed by atoms with Crippen molar-refractivity contribution in [3.63, 3.8) is 0 Å². The lowest BCUT2D eigenvalue weighted by atomic mass is 10.0. The molecule has 0 atom stereocenters. The van der Waals surface area contributed by atoms with Crippen molar-refractivity contribution >= 4 is 34.2 Å². The van der Waals surface area contributed by atoms with E-state index >= 15 is 0 Å². The first kappa shape index (κ1) is 29.7. The molecular weight excluding hydrogens is 568 g/mol. The Kier molecular flexibility index (Phi) is 8.41. The molecule has 3 aromatic heterocycles. The average Bonchev–Trinajstić information content (AvgIpc) is 3.43. The molecule has 11 nitrogen and oxygen atoms in total. The topological polar surface area (TPSA) is 127 Å². The first-order valence-corrected chi connectivity index (χ1v) is 15.1. The van der Waals surface area contributed by atoms with Gasteiger partial charge in [0.1, 0.15) is 11.1 Å². The Labute approximate surface area is 261 Å². The summed E-state index contributed by atoms with van der Waals surface area (Å²) in [6.07, 6.45) is 7.38. The second kappa shape index (κ2) is 12.7. The summed E-state index contributed by atoms with van der Waals surface area (Å²) >= 11 is 0. The van der Waals surface area contributed by atoms with E-state index in [1.54, 1.807) is 35.4 Å². The first-order valence-electron chi connectivity index (χ1n) is 15.1. The lowest BCUT2D eigenvalue weighted by molar-refractivity contribution is -0.121. The Balaban J connectivity index is 1.18. The number of nitrogens with zero attached hydrogens (tertiary/aromatic N) is 6. The number of aromatic nitrogens is 5. The third kappa shape index (κ3) is 6.47. The van der Waals surface area contributed by atoms with E-state index in [1.165, 1.54) is 0 Å². The van der Waals surface area contributed by atoms with E-state index in [0.29, 0.717) is 46.2 Å². The summed E-state index contributed by atoms with van der Waals surface area (Å²) in [6, 6.07) is 15.2. The Morgan fingerprint density at radius 1 is 0.978 bits per heavy atom. The Morgan fingerprint density at radius 2 is 1.76 bits per heavy atom. The van der Waals surface area contributed by atoms with Gasteiger partial charge in [0.25, 0.3) is 5.91 Å². The van der Waals surface area contributed by atoms with Crippen LogP contribution in [0.15, 0.2) is 67.1 Å². The van der Waals surface area contributed by atoms with E-state index in [-0.39, 0.29) is 17.9 Å². The van der Waals surface area contributed by atoms with Crippen LogP contribution in [0.2, 0.25) is 0 Å². The number of amides is 2. The smallest absolute Gasteiger partial charge is 0.255 e. The summed E-state index contributed by atoms with van der Waals surface area (Å²) in [5.41, 5.74) is 5.66. The van der Waals surface area contributed by atoms with Gasteiger partial charge in [-0.2, -0.15) is 10.1 Å².